The van der Waals surface area contributed by atoms with Crippen molar-refractivity contribution in [1.29, 1.82) is 0 Å². The fraction of sp³-hybridized carbons (Fsp3) is 0.185. The van der Waals surface area contributed by atoms with Crippen LogP contribution in [0.5, 0.6) is 5.75 Å². The summed E-state index contributed by atoms with van der Waals surface area (Å²) in [7, 11) is 0. The average Bonchev–Trinajstić information content (AvgIpc) is 2.88. The van der Waals surface area contributed by atoms with Gasteiger partial charge in [-0.3, -0.25) is 4.79 Å². The van der Waals surface area contributed by atoms with Crippen LogP contribution in [0.15, 0.2) is 82.7 Å². The van der Waals surface area contributed by atoms with Gasteiger partial charge in [-0.15, -0.1) is 0 Å². The van der Waals surface area contributed by atoms with E-state index in [0.29, 0.717) is 16.8 Å². The summed E-state index contributed by atoms with van der Waals surface area (Å²) in [5.74, 6) is -0.311. The van der Waals surface area contributed by atoms with Crippen LogP contribution in [-0.2, 0) is 15.7 Å². The van der Waals surface area contributed by atoms with E-state index < -0.39 is 29.4 Å². The maximum Gasteiger partial charge on any atom is 0.416 e. The number of aromatic nitrogens is 2. The fourth-order valence-electron chi connectivity index (χ4n) is 3.56. The Morgan fingerprint density at radius 3 is 2.57 bits per heavy atom. The lowest BCUT2D eigenvalue weighted by Gasteiger charge is -2.15. The smallest absolute Gasteiger partial charge is 0.416 e. The molecule has 0 saturated carbocycles. The van der Waals surface area contributed by atoms with Gasteiger partial charge in [-0.2, -0.15) is 22.9 Å². The maximum absolute atomic E-state index is 13.4. The standard InChI is InChI=1S/C27H22F3N3O4/c1-3-36-26(35)17(2)37-23-14-7-4-9-19(23)16-31-33-24(18-10-8-11-20(15-18)27(28,29)30)32-22-13-6-5-12-21(22)25(33)34/h4-17H,3H2,1-2H3/t17-/m0/s1. The number of carbonyl (C=O) groups is 1. The fourth-order valence-corrected chi connectivity index (χ4v) is 3.56. The molecule has 0 saturated heterocycles. The highest BCUT2D eigenvalue weighted by Gasteiger charge is 2.31. The molecule has 0 aliphatic rings. The van der Waals surface area contributed by atoms with Gasteiger partial charge in [0.05, 0.1) is 29.3 Å². The third kappa shape index (κ3) is 5.69. The molecule has 4 aromatic rings. The lowest BCUT2D eigenvalue weighted by Crippen LogP contribution is -2.26. The van der Waals surface area contributed by atoms with Gasteiger partial charge in [0.25, 0.3) is 5.56 Å². The van der Waals surface area contributed by atoms with Crippen LogP contribution in [0.3, 0.4) is 0 Å². The monoisotopic (exact) mass is 509 g/mol. The first-order valence-electron chi connectivity index (χ1n) is 11.3. The second-order valence-electron chi connectivity index (χ2n) is 7.94. The van der Waals surface area contributed by atoms with E-state index in [1.165, 1.54) is 25.3 Å². The minimum Gasteiger partial charge on any atom is -0.478 e. The van der Waals surface area contributed by atoms with Gasteiger partial charge in [0, 0.05) is 11.1 Å². The van der Waals surface area contributed by atoms with Gasteiger partial charge in [0.2, 0.25) is 0 Å². The van der Waals surface area contributed by atoms with Crippen LogP contribution in [0, 0.1) is 0 Å². The topological polar surface area (TPSA) is 82.8 Å². The molecule has 0 bridgehead atoms. The molecule has 1 atom stereocenters. The van der Waals surface area contributed by atoms with Gasteiger partial charge in [-0.25, -0.2) is 9.78 Å². The summed E-state index contributed by atoms with van der Waals surface area (Å²) in [6.45, 7) is 3.42. The number of ether oxygens (including phenoxy) is 2. The molecule has 7 nitrogen and oxygen atoms in total. The predicted molar refractivity (Wildman–Crippen MR) is 133 cm³/mol. The Bertz CT molecular complexity index is 1530. The second kappa shape index (κ2) is 10.7. The Balaban J connectivity index is 1.82. The highest BCUT2D eigenvalue weighted by molar-refractivity contribution is 5.85. The molecule has 3 aromatic carbocycles. The number of carbonyl (C=O) groups excluding carboxylic acids is 1. The number of hydrogen-bond acceptors (Lipinski definition) is 6. The molecule has 0 fully saturated rings. The van der Waals surface area contributed by atoms with E-state index in [1.807, 2.05) is 0 Å². The summed E-state index contributed by atoms with van der Waals surface area (Å²) in [4.78, 5) is 29.8. The number of para-hydroxylation sites is 2. The summed E-state index contributed by atoms with van der Waals surface area (Å²) >= 11 is 0. The van der Waals surface area contributed by atoms with Crippen molar-refractivity contribution in [2.45, 2.75) is 26.1 Å². The number of hydrogen-bond donors (Lipinski definition) is 0. The van der Waals surface area contributed by atoms with Crippen LogP contribution >= 0.6 is 0 Å². The lowest BCUT2D eigenvalue weighted by atomic mass is 10.1. The number of fused-ring (bicyclic) bond motifs is 1. The van der Waals surface area contributed by atoms with E-state index >= 15 is 0 Å². The van der Waals surface area contributed by atoms with Crippen LogP contribution in [0.4, 0.5) is 13.2 Å². The van der Waals surface area contributed by atoms with Gasteiger partial charge in [-0.1, -0.05) is 36.4 Å². The van der Waals surface area contributed by atoms with E-state index in [1.54, 1.807) is 55.5 Å². The quantitative estimate of drug-likeness (QED) is 0.250. The summed E-state index contributed by atoms with van der Waals surface area (Å²) < 4.78 is 51.8. The zero-order valence-electron chi connectivity index (χ0n) is 19.9. The van der Waals surface area contributed by atoms with Crippen molar-refractivity contribution in [3.8, 4) is 17.1 Å². The SMILES string of the molecule is CCOC(=O)[C@H](C)Oc1ccccc1C=Nn1c(-c2cccc(C(F)(F)F)c2)nc2ccccc2c1=O. The van der Waals surface area contributed by atoms with E-state index in [9.17, 15) is 22.8 Å². The number of benzene rings is 3. The summed E-state index contributed by atoms with van der Waals surface area (Å²) in [6.07, 6.45) is -4.16. The third-order valence-corrected chi connectivity index (χ3v) is 5.36. The molecule has 0 spiro atoms. The van der Waals surface area contributed by atoms with E-state index in [2.05, 4.69) is 10.1 Å². The van der Waals surface area contributed by atoms with Gasteiger partial charge < -0.3 is 9.47 Å². The zero-order chi connectivity index (χ0) is 26.6. The highest BCUT2D eigenvalue weighted by atomic mass is 19.4. The third-order valence-electron chi connectivity index (χ3n) is 5.36. The molecule has 0 unspecified atom stereocenters. The van der Waals surface area contributed by atoms with Crippen LogP contribution in [0.25, 0.3) is 22.3 Å². The Hall–Kier alpha value is -4.47. The van der Waals surface area contributed by atoms with Crippen molar-refractivity contribution < 1.29 is 27.4 Å². The Morgan fingerprint density at radius 1 is 1.08 bits per heavy atom. The van der Waals surface area contributed by atoms with Gasteiger partial charge in [0.15, 0.2) is 11.9 Å². The van der Waals surface area contributed by atoms with Gasteiger partial charge >= 0.3 is 12.1 Å². The normalized spacial score (nSPS) is 12.6. The van der Waals surface area contributed by atoms with E-state index in [0.717, 1.165) is 16.8 Å². The number of halogens is 3. The molecule has 4 rings (SSSR count). The number of rotatable bonds is 7. The van der Waals surface area contributed by atoms with Crippen LogP contribution < -0.4 is 10.3 Å². The van der Waals surface area contributed by atoms with Gasteiger partial charge in [0.1, 0.15) is 5.75 Å². The molecular weight excluding hydrogens is 487 g/mol. The summed E-state index contributed by atoms with van der Waals surface area (Å²) in [6, 6.07) is 17.7. The highest BCUT2D eigenvalue weighted by Crippen LogP contribution is 2.32. The molecule has 0 N–H and O–H groups in total. The molecule has 37 heavy (non-hydrogen) atoms. The lowest BCUT2D eigenvalue weighted by molar-refractivity contribution is -0.150. The predicted octanol–water partition coefficient (Wildman–Crippen LogP) is 5.29. The first kappa shape index (κ1) is 25.6. The van der Waals surface area contributed by atoms with Crippen LogP contribution in [-0.4, -0.2) is 34.6 Å². The van der Waals surface area contributed by atoms with Crippen molar-refractivity contribution in [3.05, 3.63) is 94.3 Å². The van der Waals surface area contributed by atoms with Gasteiger partial charge in [-0.05, 0) is 50.2 Å². The zero-order valence-corrected chi connectivity index (χ0v) is 19.9. The van der Waals surface area contributed by atoms with Crippen molar-refractivity contribution in [3.63, 3.8) is 0 Å². The molecule has 0 aliphatic heterocycles. The van der Waals surface area contributed by atoms with Crippen molar-refractivity contribution in [2.75, 3.05) is 6.61 Å². The molecule has 190 valence electrons. The summed E-state index contributed by atoms with van der Waals surface area (Å²) in [5, 5.41) is 4.53. The van der Waals surface area contributed by atoms with Crippen LogP contribution in [0.2, 0.25) is 0 Å². The molecular formula is C27H22F3N3O4. The number of nitrogens with zero attached hydrogens (tertiary/aromatic N) is 3. The van der Waals surface area contributed by atoms with Crippen molar-refractivity contribution >= 4 is 23.1 Å². The van der Waals surface area contributed by atoms with E-state index in [4.69, 9.17) is 9.47 Å². The molecule has 0 aliphatic carbocycles. The molecule has 1 heterocycles. The largest absolute Gasteiger partial charge is 0.478 e. The average molecular weight is 509 g/mol. The molecule has 1 aromatic heterocycles. The van der Waals surface area contributed by atoms with Crippen molar-refractivity contribution in [1.82, 2.24) is 9.66 Å². The maximum atomic E-state index is 13.4. The molecule has 0 amide bonds. The van der Waals surface area contributed by atoms with Crippen molar-refractivity contribution in [2.24, 2.45) is 5.10 Å². The number of esters is 1. The minimum atomic E-state index is -4.58. The second-order valence-corrected chi connectivity index (χ2v) is 7.94. The van der Waals surface area contributed by atoms with Crippen LogP contribution in [0.1, 0.15) is 25.0 Å². The Labute approximate surface area is 209 Å². The molecule has 0 radical (unpaired) electrons. The first-order valence-corrected chi connectivity index (χ1v) is 11.3. The first-order chi connectivity index (χ1) is 17.7. The minimum absolute atomic E-state index is 0.0651. The summed E-state index contributed by atoms with van der Waals surface area (Å²) in [5.41, 5.74) is -0.635. The number of alkyl halides is 3. The molecule has 10 heteroatoms. The Kier molecular flexibility index (Phi) is 7.37. The Morgan fingerprint density at radius 2 is 1.81 bits per heavy atom. The van der Waals surface area contributed by atoms with E-state index in [-0.39, 0.29) is 23.4 Å².